The van der Waals surface area contributed by atoms with Gasteiger partial charge in [0.1, 0.15) is 5.75 Å². The van der Waals surface area contributed by atoms with Crippen molar-refractivity contribution < 1.29 is 9.53 Å². The molecule has 2 rings (SSSR count). The van der Waals surface area contributed by atoms with Gasteiger partial charge in [0.15, 0.2) is 0 Å². The molecule has 1 aliphatic rings. The lowest BCUT2D eigenvalue weighted by Crippen LogP contribution is -2.24. The van der Waals surface area contributed by atoms with E-state index in [1.54, 1.807) is 18.1 Å². The maximum atomic E-state index is 11.4. The zero-order valence-electron chi connectivity index (χ0n) is 7.93. The van der Waals surface area contributed by atoms with Crippen LogP contribution in [0.3, 0.4) is 0 Å². The van der Waals surface area contributed by atoms with Crippen LogP contribution in [0, 0.1) is 0 Å². The minimum atomic E-state index is 0.00880. The summed E-state index contributed by atoms with van der Waals surface area (Å²) in [6.45, 7) is 0.624. The Kier molecular flexibility index (Phi) is 2.23. The van der Waals surface area contributed by atoms with Gasteiger partial charge in [-0.05, 0) is 12.1 Å². The molecule has 3 nitrogen and oxygen atoms in total. The first-order valence-electron chi connectivity index (χ1n) is 4.44. The molecule has 0 aromatic heterocycles. The van der Waals surface area contributed by atoms with E-state index in [4.69, 9.17) is 4.74 Å². The number of amides is 1. The second kappa shape index (κ2) is 3.54. The van der Waals surface area contributed by atoms with E-state index in [2.05, 4.69) is 0 Å². The van der Waals surface area contributed by atoms with Gasteiger partial charge in [-0.15, -0.1) is 0 Å². The minimum absolute atomic E-state index is 0.00880. The minimum Gasteiger partial charge on any atom is -0.495 e. The van der Waals surface area contributed by atoms with Gasteiger partial charge in [-0.2, -0.15) is 0 Å². The molecule has 0 saturated heterocycles. The largest absolute Gasteiger partial charge is 0.495 e. The summed E-state index contributed by atoms with van der Waals surface area (Å²) in [5, 5.41) is 0. The van der Waals surface area contributed by atoms with Crippen LogP contribution in [0.1, 0.15) is 0 Å². The van der Waals surface area contributed by atoms with E-state index in [0.717, 1.165) is 11.4 Å². The van der Waals surface area contributed by atoms with Crippen molar-refractivity contribution in [3.05, 3.63) is 36.4 Å². The van der Waals surface area contributed by atoms with Crippen LogP contribution >= 0.6 is 0 Å². The number of nitrogens with zero attached hydrogens (tertiary/aromatic N) is 1. The maximum Gasteiger partial charge on any atom is 0.251 e. The molecule has 1 aliphatic heterocycles. The van der Waals surface area contributed by atoms with Crippen LogP contribution in [0.15, 0.2) is 36.4 Å². The van der Waals surface area contributed by atoms with Crippen molar-refractivity contribution in [3.63, 3.8) is 0 Å². The molecular formula is C11H11NO2. The van der Waals surface area contributed by atoms with Gasteiger partial charge in [0.25, 0.3) is 5.91 Å². The molecule has 1 amide bonds. The molecule has 72 valence electrons. The maximum absolute atomic E-state index is 11.4. The van der Waals surface area contributed by atoms with E-state index < -0.39 is 0 Å². The molecule has 1 aromatic carbocycles. The fraction of sp³-hybridized carbons (Fsp3) is 0.182. The van der Waals surface area contributed by atoms with E-state index in [9.17, 15) is 4.79 Å². The summed E-state index contributed by atoms with van der Waals surface area (Å²) < 4.78 is 5.18. The first kappa shape index (κ1) is 8.81. The fourth-order valence-electron chi connectivity index (χ4n) is 1.51. The Morgan fingerprint density at radius 3 is 2.79 bits per heavy atom. The SMILES string of the molecule is COc1ccccc1N1CC=CC1=O. The summed E-state index contributed by atoms with van der Waals surface area (Å²) in [6.07, 6.45) is 3.42. The quantitative estimate of drug-likeness (QED) is 0.707. The lowest BCUT2D eigenvalue weighted by atomic mass is 10.2. The smallest absolute Gasteiger partial charge is 0.251 e. The summed E-state index contributed by atoms with van der Waals surface area (Å²) in [5.74, 6) is 0.735. The number of carbonyl (C=O) groups excluding carboxylic acids is 1. The molecule has 0 bridgehead atoms. The van der Waals surface area contributed by atoms with Gasteiger partial charge in [0.05, 0.1) is 12.8 Å². The predicted octanol–water partition coefficient (Wildman–Crippen LogP) is 1.60. The molecule has 1 heterocycles. The number of ether oxygens (including phenoxy) is 1. The van der Waals surface area contributed by atoms with Gasteiger partial charge >= 0.3 is 0 Å². The Bertz CT molecular complexity index is 385. The van der Waals surface area contributed by atoms with Gasteiger partial charge in [-0.3, -0.25) is 4.79 Å². The number of rotatable bonds is 2. The highest BCUT2D eigenvalue weighted by atomic mass is 16.5. The molecule has 0 fully saturated rings. The third-order valence-electron chi connectivity index (χ3n) is 2.19. The first-order chi connectivity index (χ1) is 6.83. The molecule has 0 radical (unpaired) electrons. The molecule has 3 heteroatoms. The van der Waals surface area contributed by atoms with Crippen LogP contribution in [-0.2, 0) is 4.79 Å². The summed E-state index contributed by atoms with van der Waals surface area (Å²) in [6, 6.07) is 7.50. The number of hydrogen-bond donors (Lipinski definition) is 0. The van der Waals surface area contributed by atoms with Crippen LogP contribution in [0.5, 0.6) is 5.75 Å². The topological polar surface area (TPSA) is 29.5 Å². The highest BCUT2D eigenvalue weighted by Crippen LogP contribution is 2.28. The van der Waals surface area contributed by atoms with Crippen molar-refractivity contribution in [1.29, 1.82) is 0 Å². The Labute approximate surface area is 82.6 Å². The molecule has 0 unspecified atom stereocenters. The zero-order valence-corrected chi connectivity index (χ0v) is 7.93. The predicted molar refractivity (Wildman–Crippen MR) is 54.5 cm³/mol. The van der Waals surface area contributed by atoms with Crippen LogP contribution in [-0.4, -0.2) is 19.6 Å². The molecule has 0 spiro atoms. The number of hydrogen-bond acceptors (Lipinski definition) is 2. The number of carbonyl (C=O) groups is 1. The van der Waals surface area contributed by atoms with Crippen LogP contribution in [0.2, 0.25) is 0 Å². The number of methoxy groups -OCH3 is 1. The molecule has 0 saturated carbocycles. The van der Waals surface area contributed by atoms with Crippen LogP contribution in [0.25, 0.3) is 0 Å². The number of benzene rings is 1. The van der Waals surface area contributed by atoms with E-state index in [1.165, 1.54) is 0 Å². The zero-order chi connectivity index (χ0) is 9.97. The summed E-state index contributed by atoms with van der Waals surface area (Å²) in [4.78, 5) is 13.1. The highest BCUT2D eigenvalue weighted by Gasteiger charge is 2.19. The second-order valence-electron chi connectivity index (χ2n) is 3.02. The Morgan fingerprint density at radius 2 is 2.14 bits per heavy atom. The summed E-state index contributed by atoms with van der Waals surface area (Å²) in [7, 11) is 1.60. The second-order valence-corrected chi connectivity index (χ2v) is 3.02. The van der Waals surface area contributed by atoms with Crippen molar-refractivity contribution in [2.45, 2.75) is 0 Å². The van der Waals surface area contributed by atoms with Crippen molar-refractivity contribution >= 4 is 11.6 Å². The average molecular weight is 189 g/mol. The summed E-state index contributed by atoms with van der Waals surface area (Å²) >= 11 is 0. The molecule has 14 heavy (non-hydrogen) atoms. The van der Waals surface area contributed by atoms with E-state index in [0.29, 0.717) is 6.54 Å². The van der Waals surface area contributed by atoms with Crippen molar-refractivity contribution in [1.82, 2.24) is 0 Å². The van der Waals surface area contributed by atoms with Crippen molar-refractivity contribution in [3.8, 4) is 5.75 Å². The third-order valence-corrected chi connectivity index (χ3v) is 2.19. The van der Waals surface area contributed by atoms with Gasteiger partial charge < -0.3 is 9.64 Å². The van der Waals surface area contributed by atoms with E-state index in [-0.39, 0.29) is 5.91 Å². The normalized spacial score (nSPS) is 14.9. The molecule has 1 aromatic rings. The fourth-order valence-corrected chi connectivity index (χ4v) is 1.51. The van der Waals surface area contributed by atoms with E-state index in [1.807, 2.05) is 30.3 Å². The highest BCUT2D eigenvalue weighted by molar-refractivity contribution is 6.04. The van der Waals surface area contributed by atoms with Gasteiger partial charge in [-0.1, -0.05) is 18.2 Å². The van der Waals surface area contributed by atoms with Crippen LogP contribution in [0.4, 0.5) is 5.69 Å². The summed E-state index contributed by atoms with van der Waals surface area (Å²) in [5.41, 5.74) is 0.824. The Hall–Kier alpha value is -1.77. The first-order valence-corrected chi connectivity index (χ1v) is 4.44. The molecular weight excluding hydrogens is 178 g/mol. The standard InChI is InChI=1S/C11H11NO2/c1-14-10-6-3-2-5-9(10)12-8-4-7-11(12)13/h2-7H,8H2,1H3. The number of para-hydroxylation sites is 2. The van der Waals surface area contributed by atoms with Crippen molar-refractivity contribution in [2.24, 2.45) is 0 Å². The van der Waals surface area contributed by atoms with Crippen LogP contribution < -0.4 is 9.64 Å². The van der Waals surface area contributed by atoms with Crippen molar-refractivity contribution in [2.75, 3.05) is 18.6 Å². The monoisotopic (exact) mass is 189 g/mol. The molecule has 0 atom stereocenters. The van der Waals surface area contributed by atoms with Gasteiger partial charge in [-0.25, -0.2) is 0 Å². The average Bonchev–Trinajstić information content (AvgIpc) is 2.64. The van der Waals surface area contributed by atoms with Gasteiger partial charge in [0.2, 0.25) is 0 Å². The third kappa shape index (κ3) is 1.37. The Morgan fingerprint density at radius 1 is 1.36 bits per heavy atom. The Balaban J connectivity index is 2.36. The molecule has 0 N–H and O–H groups in total. The molecule has 0 aliphatic carbocycles. The number of anilines is 1. The lowest BCUT2D eigenvalue weighted by Gasteiger charge is -2.18. The lowest BCUT2D eigenvalue weighted by molar-refractivity contribution is -0.113. The van der Waals surface area contributed by atoms with Gasteiger partial charge in [0, 0.05) is 12.6 Å². The van der Waals surface area contributed by atoms with E-state index >= 15 is 0 Å².